The molecule has 1 rings (SSSR count). The number of rotatable bonds is 5. The second-order valence-corrected chi connectivity index (χ2v) is 4.66. The molecule has 0 aliphatic heterocycles. The zero-order valence-electron chi connectivity index (χ0n) is 9.53. The number of halogens is 1. The summed E-state index contributed by atoms with van der Waals surface area (Å²) in [7, 11) is 0. The molecule has 88 valence electrons. The van der Waals surface area contributed by atoms with E-state index < -0.39 is 0 Å². The van der Waals surface area contributed by atoms with Crippen LogP contribution in [0.4, 0.5) is 0 Å². The minimum atomic E-state index is -0.135. The van der Waals surface area contributed by atoms with Gasteiger partial charge in [0.2, 0.25) is 5.91 Å². The molecule has 4 heteroatoms. The van der Waals surface area contributed by atoms with Crippen LogP contribution >= 0.6 is 22.9 Å². The Balaban J connectivity index is 2.46. The highest BCUT2D eigenvalue weighted by Crippen LogP contribution is 2.04. The quantitative estimate of drug-likeness (QED) is 0.642. The van der Waals surface area contributed by atoms with Crippen LogP contribution in [0.3, 0.4) is 0 Å². The van der Waals surface area contributed by atoms with Crippen LogP contribution in [0.15, 0.2) is 30.3 Å². The maximum Gasteiger partial charge on any atom is 0.238 e. The molecule has 0 spiro atoms. The normalized spacial score (nSPS) is 12.5. The lowest BCUT2D eigenvalue weighted by atomic mass is 10.0. The van der Waals surface area contributed by atoms with Gasteiger partial charge in [-0.1, -0.05) is 44.2 Å². The molecule has 3 nitrogen and oxygen atoms in total. The molecule has 0 radical (unpaired) electrons. The lowest BCUT2D eigenvalue weighted by Crippen LogP contribution is -2.43. The van der Waals surface area contributed by atoms with Gasteiger partial charge in [0.1, 0.15) is 0 Å². The Bertz CT molecular complexity index is 327. The maximum absolute atomic E-state index is 11.8. The molecular weight excluding hydrogens is 315 g/mol. The third-order valence-electron chi connectivity index (χ3n) is 2.38. The van der Waals surface area contributed by atoms with Gasteiger partial charge in [-0.2, -0.15) is 0 Å². The average Bonchev–Trinajstić information content (AvgIpc) is 2.28. The van der Waals surface area contributed by atoms with E-state index in [1.54, 1.807) is 0 Å². The van der Waals surface area contributed by atoms with E-state index in [2.05, 4.69) is 8.85 Å². The number of amides is 1. The van der Waals surface area contributed by atoms with Crippen LogP contribution in [-0.2, 0) is 11.3 Å². The van der Waals surface area contributed by atoms with Gasteiger partial charge in [-0.15, -0.1) is 0 Å². The summed E-state index contributed by atoms with van der Waals surface area (Å²) in [5.41, 5.74) is 1.12. The van der Waals surface area contributed by atoms with Gasteiger partial charge in [-0.3, -0.25) is 4.79 Å². The first-order valence-electron chi connectivity index (χ1n) is 5.33. The number of hydrogen-bond acceptors (Lipinski definition) is 2. The first-order chi connectivity index (χ1) is 7.65. The van der Waals surface area contributed by atoms with E-state index in [9.17, 15) is 4.79 Å². The Hall–Kier alpha value is -0.620. The molecule has 2 N–H and O–H groups in total. The Labute approximate surface area is 111 Å². The van der Waals surface area contributed by atoms with Gasteiger partial charge in [0.25, 0.3) is 0 Å². The smallest absolute Gasteiger partial charge is 0.238 e. The van der Waals surface area contributed by atoms with Crippen molar-refractivity contribution in [2.75, 3.05) is 0 Å². The van der Waals surface area contributed by atoms with Crippen LogP contribution in [0.5, 0.6) is 0 Å². The van der Waals surface area contributed by atoms with Gasteiger partial charge < -0.3 is 5.32 Å². The molecule has 1 aromatic rings. The second-order valence-electron chi connectivity index (χ2n) is 4.03. The molecule has 16 heavy (non-hydrogen) atoms. The molecule has 0 bridgehead atoms. The van der Waals surface area contributed by atoms with Crippen molar-refractivity contribution < 1.29 is 4.79 Å². The number of carbonyl (C=O) groups is 1. The Morgan fingerprint density at radius 2 is 1.94 bits per heavy atom. The van der Waals surface area contributed by atoms with E-state index in [-0.39, 0.29) is 17.9 Å². The maximum atomic E-state index is 11.8. The Kier molecular flexibility index (Phi) is 5.76. The van der Waals surface area contributed by atoms with Crippen molar-refractivity contribution in [1.29, 1.82) is 0 Å². The fourth-order valence-electron chi connectivity index (χ4n) is 1.37. The van der Waals surface area contributed by atoms with Gasteiger partial charge in [-0.05, 0) is 11.5 Å². The molecule has 1 aromatic carbocycles. The van der Waals surface area contributed by atoms with E-state index >= 15 is 0 Å². The molecule has 0 fully saturated rings. The number of hydrogen-bond donors (Lipinski definition) is 2. The van der Waals surface area contributed by atoms with Crippen LogP contribution in [0.2, 0.25) is 0 Å². The topological polar surface area (TPSA) is 41.1 Å². The predicted molar refractivity (Wildman–Crippen MR) is 74.1 cm³/mol. The average molecular weight is 332 g/mol. The highest BCUT2D eigenvalue weighted by atomic mass is 127. The predicted octanol–water partition coefficient (Wildman–Crippen LogP) is 2.27. The number of carbonyl (C=O) groups excluding carboxylic acids is 1. The number of nitrogens with one attached hydrogen (secondary N) is 2. The molecule has 0 saturated heterocycles. The highest BCUT2D eigenvalue weighted by molar-refractivity contribution is 14.1. The van der Waals surface area contributed by atoms with Crippen molar-refractivity contribution in [3.05, 3.63) is 35.9 Å². The molecule has 0 aliphatic rings. The third-order valence-corrected chi connectivity index (χ3v) is 3.05. The van der Waals surface area contributed by atoms with Crippen molar-refractivity contribution in [2.45, 2.75) is 26.4 Å². The van der Waals surface area contributed by atoms with Gasteiger partial charge >= 0.3 is 0 Å². The van der Waals surface area contributed by atoms with E-state index in [1.165, 1.54) is 0 Å². The molecule has 0 unspecified atom stereocenters. The monoisotopic (exact) mass is 332 g/mol. The van der Waals surface area contributed by atoms with Crippen molar-refractivity contribution in [3.8, 4) is 0 Å². The number of benzene rings is 1. The summed E-state index contributed by atoms with van der Waals surface area (Å²) >= 11 is 2.02. The fraction of sp³-hybridized carbons (Fsp3) is 0.417. The van der Waals surface area contributed by atoms with Crippen LogP contribution in [-0.4, -0.2) is 11.9 Å². The van der Waals surface area contributed by atoms with Gasteiger partial charge in [0.15, 0.2) is 0 Å². The van der Waals surface area contributed by atoms with Gasteiger partial charge in [0, 0.05) is 29.4 Å². The van der Waals surface area contributed by atoms with Crippen LogP contribution in [0.25, 0.3) is 0 Å². The zero-order chi connectivity index (χ0) is 12.0. The SMILES string of the molecule is CC(C)[C@@H](NI)C(=O)NCc1ccccc1. The van der Waals surface area contributed by atoms with Gasteiger partial charge in [-0.25, -0.2) is 3.53 Å². The summed E-state index contributed by atoms with van der Waals surface area (Å²) in [5.74, 6) is 0.334. The van der Waals surface area contributed by atoms with Crippen molar-refractivity contribution >= 4 is 28.8 Å². The lowest BCUT2D eigenvalue weighted by molar-refractivity contribution is -0.123. The lowest BCUT2D eigenvalue weighted by Gasteiger charge is -2.18. The molecule has 0 aromatic heterocycles. The molecular formula is C12H17IN2O. The first-order valence-corrected chi connectivity index (χ1v) is 6.41. The highest BCUT2D eigenvalue weighted by Gasteiger charge is 2.19. The van der Waals surface area contributed by atoms with Crippen molar-refractivity contribution in [1.82, 2.24) is 8.85 Å². The first kappa shape index (κ1) is 13.4. The molecule has 1 atom stereocenters. The minimum absolute atomic E-state index is 0.0493. The molecule has 0 saturated carbocycles. The van der Waals surface area contributed by atoms with Crippen LogP contribution < -0.4 is 8.85 Å². The third kappa shape index (κ3) is 4.09. The second kappa shape index (κ2) is 6.85. The zero-order valence-corrected chi connectivity index (χ0v) is 11.7. The van der Waals surface area contributed by atoms with Crippen LogP contribution in [0.1, 0.15) is 19.4 Å². The Morgan fingerprint density at radius 1 is 1.31 bits per heavy atom. The summed E-state index contributed by atoms with van der Waals surface area (Å²) in [4.78, 5) is 11.8. The summed E-state index contributed by atoms with van der Waals surface area (Å²) in [6.07, 6.45) is 0. The van der Waals surface area contributed by atoms with E-state index in [0.29, 0.717) is 6.54 Å². The van der Waals surface area contributed by atoms with Crippen molar-refractivity contribution in [3.63, 3.8) is 0 Å². The van der Waals surface area contributed by atoms with Crippen LogP contribution in [0, 0.1) is 5.92 Å². The van der Waals surface area contributed by atoms with Crippen molar-refractivity contribution in [2.24, 2.45) is 5.92 Å². The molecule has 1 amide bonds. The minimum Gasteiger partial charge on any atom is -0.351 e. The van der Waals surface area contributed by atoms with E-state index in [4.69, 9.17) is 0 Å². The fourth-order valence-corrected chi connectivity index (χ4v) is 2.38. The summed E-state index contributed by atoms with van der Waals surface area (Å²) in [5, 5.41) is 2.93. The largest absolute Gasteiger partial charge is 0.351 e. The Morgan fingerprint density at radius 3 is 2.44 bits per heavy atom. The summed E-state index contributed by atoms with van der Waals surface area (Å²) < 4.78 is 3.00. The molecule has 0 aliphatic carbocycles. The molecule has 0 heterocycles. The standard InChI is InChI=1S/C12H17IN2O/c1-9(2)11(15-13)12(16)14-8-10-6-4-3-5-7-10/h3-7,9,11,15H,8H2,1-2H3,(H,14,16)/t11-/m1/s1. The summed E-state index contributed by atoms with van der Waals surface area (Å²) in [6, 6.07) is 9.78. The van der Waals surface area contributed by atoms with E-state index in [1.807, 2.05) is 67.0 Å². The summed E-state index contributed by atoms with van der Waals surface area (Å²) in [6.45, 7) is 4.64. The van der Waals surface area contributed by atoms with E-state index in [0.717, 1.165) is 5.56 Å². The van der Waals surface area contributed by atoms with Gasteiger partial charge in [0.05, 0.1) is 6.04 Å².